The van der Waals surface area contributed by atoms with Gasteiger partial charge in [0.25, 0.3) is 5.91 Å². The second-order valence-electron chi connectivity index (χ2n) is 4.62. The maximum absolute atomic E-state index is 12.5. The molecule has 1 aromatic heterocycles. The van der Waals surface area contributed by atoms with Crippen LogP contribution >= 0.6 is 15.9 Å². The largest absolute Gasteiger partial charge is 0.450 e. The van der Waals surface area contributed by atoms with E-state index in [9.17, 15) is 4.79 Å². The van der Waals surface area contributed by atoms with E-state index in [1.807, 2.05) is 18.2 Å². The van der Waals surface area contributed by atoms with Gasteiger partial charge >= 0.3 is 0 Å². The molecule has 0 saturated carbocycles. The van der Waals surface area contributed by atoms with Crippen molar-refractivity contribution in [2.75, 3.05) is 19.6 Å². The molecule has 3 rings (SSSR count). The molecule has 1 amide bonds. The van der Waals surface area contributed by atoms with Gasteiger partial charge in [0, 0.05) is 25.0 Å². The van der Waals surface area contributed by atoms with Gasteiger partial charge in [-0.1, -0.05) is 12.1 Å². The van der Waals surface area contributed by atoms with E-state index in [0.717, 1.165) is 9.86 Å². The van der Waals surface area contributed by atoms with Crippen molar-refractivity contribution >= 4 is 32.8 Å². The van der Waals surface area contributed by atoms with Gasteiger partial charge in [-0.3, -0.25) is 4.79 Å². The first-order chi connectivity index (χ1) is 9.70. The Morgan fingerprint density at radius 3 is 3.15 bits per heavy atom. The number of nitrogens with zero attached hydrogens (tertiary/aromatic N) is 2. The number of carbonyl (C=O) groups excluding carboxylic acids is 1. The summed E-state index contributed by atoms with van der Waals surface area (Å²) in [5.41, 5.74) is 0.652. The summed E-state index contributed by atoms with van der Waals surface area (Å²) in [7, 11) is 0. The van der Waals surface area contributed by atoms with Gasteiger partial charge in [0.05, 0.1) is 10.5 Å². The number of amides is 1. The Morgan fingerprint density at radius 1 is 1.55 bits per heavy atom. The number of carbonyl (C=O) groups is 1. The summed E-state index contributed by atoms with van der Waals surface area (Å²) >= 11 is 3.40. The van der Waals surface area contributed by atoms with Crippen LogP contribution in [-0.2, 0) is 0 Å². The summed E-state index contributed by atoms with van der Waals surface area (Å²) in [4.78, 5) is 14.0. The first-order valence-corrected chi connectivity index (χ1v) is 7.09. The molecule has 20 heavy (non-hydrogen) atoms. The first-order valence-electron chi connectivity index (χ1n) is 6.30. The fourth-order valence-electron chi connectivity index (χ4n) is 2.34. The quantitative estimate of drug-likeness (QED) is 0.867. The molecule has 1 fully saturated rings. The van der Waals surface area contributed by atoms with Crippen LogP contribution < -0.4 is 5.32 Å². The number of fused-ring (bicyclic) bond motifs is 1. The van der Waals surface area contributed by atoms with E-state index in [4.69, 9.17) is 9.68 Å². The predicted molar refractivity (Wildman–Crippen MR) is 77.2 cm³/mol. The van der Waals surface area contributed by atoms with Gasteiger partial charge in [-0.25, -0.2) is 0 Å². The molecule has 6 heteroatoms. The van der Waals surface area contributed by atoms with Crippen molar-refractivity contribution in [2.24, 2.45) is 0 Å². The number of piperazine rings is 1. The molecular weight excluding hydrogens is 322 g/mol. The highest BCUT2D eigenvalue weighted by atomic mass is 79.9. The fourth-order valence-corrected chi connectivity index (χ4v) is 2.80. The third-order valence-electron chi connectivity index (χ3n) is 3.36. The zero-order valence-electron chi connectivity index (χ0n) is 10.6. The summed E-state index contributed by atoms with van der Waals surface area (Å²) in [6, 6.07) is 9.05. The van der Waals surface area contributed by atoms with Crippen LogP contribution in [0.15, 0.2) is 33.2 Å². The molecule has 1 N–H and O–H groups in total. The van der Waals surface area contributed by atoms with Crippen molar-refractivity contribution in [3.8, 4) is 6.07 Å². The van der Waals surface area contributed by atoms with E-state index in [2.05, 4.69) is 27.3 Å². The second kappa shape index (κ2) is 5.27. The maximum Gasteiger partial charge on any atom is 0.290 e. The van der Waals surface area contributed by atoms with E-state index in [1.54, 1.807) is 11.0 Å². The number of nitrogens with one attached hydrogen (secondary N) is 1. The summed E-state index contributed by atoms with van der Waals surface area (Å²) in [5.74, 6) is 0.0372. The van der Waals surface area contributed by atoms with Crippen molar-refractivity contribution in [2.45, 2.75) is 6.04 Å². The molecule has 2 heterocycles. The lowest BCUT2D eigenvalue weighted by molar-refractivity contribution is 0.0657. The summed E-state index contributed by atoms with van der Waals surface area (Å²) in [5, 5.41) is 13.1. The third-order valence-corrected chi connectivity index (χ3v) is 3.98. The normalized spacial score (nSPS) is 19.0. The minimum atomic E-state index is -0.451. The molecular formula is C14H12BrN3O2. The first kappa shape index (κ1) is 13.2. The van der Waals surface area contributed by atoms with Crippen molar-refractivity contribution < 1.29 is 9.21 Å². The van der Waals surface area contributed by atoms with E-state index in [0.29, 0.717) is 25.2 Å². The molecule has 1 atom stereocenters. The third kappa shape index (κ3) is 2.19. The maximum atomic E-state index is 12.5. The molecule has 1 aliphatic heterocycles. The number of benzene rings is 1. The number of nitriles is 1. The highest BCUT2D eigenvalue weighted by Crippen LogP contribution is 2.27. The minimum Gasteiger partial charge on any atom is -0.450 e. The Bertz CT molecular complexity index is 704. The Labute approximate surface area is 124 Å². The van der Waals surface area contributed by atoms with Gasteiger partial charge in [-0.2, -0.15) is 5.26 Å². The lowest BCUT2D eigenvalue weighted by Gasteiger charge is -2.31. The van der Waals surface area contributed by atoms with Gasteiger partial charge in [0.15, 0.2) is 5.76 Å². The molecule has 0 spiro atoms. The SMILES string of the molecule is N#CC1CNCCN1C(=O)c1cc2cccc(Br)c2o1. The highest BCUT2D eigenvalue weighted by Gasteiger charge is 2.29. The molecule has 1 aromatic carbocycles. The van der Waals surface area contributed by atoms with Crippen LogP contribution in [0.2, 0.25) is 0 Å². The molecule has 102 valence electrons. The van der Waals surface area contributed by atoms with Crippen molar-refractivity contribution in [1.82, 2.24) is 10.2 Å². The molecule has 1 saturated heterocycles. The lowest BCUT2D eigenvalue weighted by Crippen LogP contribution is -2.52. The van der Waals surface area contributed by atoms with Crippen molar-refractivity contribution in [1.29, 1.82) is 5.26 Å². The van der Waals surface area contributed by atoms with Crippen LogP contribution in [0.25, 0.3) is 11.0 Å². The van der Waals surface area contributed by atoms with Crippen LogP contribution in [0.4, 0.5) is 0 Å². The van der Waals surface area contributed by atoms with Crippen LogP contribution in [-0.4, -0.2) is 36.5 Å². The Kier molecular flexibility index (Phi) is 3.47. The fraction of sp³-hybridized carbons (Fsp3) is 0.286. The second-order valence-corrected chi connectivity index (χ2v) is 5.47. The summed E-state index contributed by atoms with van der Waals surface area (Å²) in [6.45, 7) is 1.69. The topological polar surface area (TPSA) is 69.3 Å². The van der Waals surface area contributed by atoms with Gasteiger partial charge < -0.3 is 14.6 Å². The zero-order chi connectivity index (χ0) is 14.1. The highest BCUT2D eigenvalue weighted by molar-refractivity contribution is 9.10. The Hall–Kier alpha value is -1.84. The smallest absolute Gasteiger partial charge is 0.290 e. The van der Waals surface area contributed by atoms with Gasteiger partial charge in [0.1, 0.15) is 11.6 Å². The van der Waals surface area contributed by atoms with E-state index < -0.39 is 6.04 Å². The number of halogens is 1. The minimum absolute atomic E-state index is 0.235. The molecule has 1 aliphatic rings. The molecule has 2 aromatic rings. The summed E-state index contributed by atoms with van der Waals surface area (Å²) < 4.78 is 6.45. The number of para-hydroxylation sites is 1. The van der Waals surface area contributed by atoms with Crippen LogP contribution in [0.3, 0.4) is 0 Å². The zero-order valence-corrected chi connectivity index (χ0v) is 12.2. The number of furan rings is 1. The number of rotatable bonds is 1. The van der Waals surface area contributed by atoms with Gasteiger partial charge in [-0.05, 0) is 28.1 Å². The monoisotopic (exact) mass is 333 g/mol. The van der Waals surface area contributed by atoms with Crippen LogP contribution in [0.1, 0.15) is 10.6 Å². The van der Waals surface area contributed by atoms with Crippen molar-refractivity contribution in [3.63, 3.8) is 0 Å². The molecule has 0 bridgehead atoms. The van der Waals surface area contributed by atoms with Gasteiger partial charge in [-0.15, -0.1) is 0 Å². The van der Waals surface area contributed by atoms with E-state index in [1.165, 1.54) is 0 Å². The van der Waals surface area contributed by atoms with Crippen molar-refractivity contribution in [3.05, 3.63) is 34.5 Å². The number of hydrogen-bond donors (Lipinski definition) is 1. The van der Waals surface area contributed by atoms with E-state index >= 15 is 0 Å². The van der Waals surface area contributed by atoms with Gasteiger partial charge in [0.2, 0.25) is 0 Å². The van der Waals surface area contributed by atoms with Crippen LogP contribution in [0, 0.1) is 11.3 Å². The molecule has 0 aliphatic carbocycles. The molecule has 5 nitrogen and oxygen atoms in total. The average Bonchev–Trinajstić information content (AvgIpc) is 2.92. The Balaban J connectivity index is 1.96. The Morgan fingerprint density at radius 2 is 2.40 bits per heavy atom. The van der Waals surface area contributed by atoms with E-state index in [-0.39, 0.29) is 11.7 Å². The number of hydrogen-bond acceptors (Lipinski definition) is 4. The molecule has 0 radical (unpaired) electrons. The summed E-state index contributed by atoms with van der Waals surface area (Å²) in [6.07, 6.45) is 0. The predicted octanol–water partition coefficient (Wildman–Crippen LogP) is 2.13. The molecule has 1 unspecified atom stereocenters. The van der Waals surface area contributed by atoms with Crippen LogP contribution in [0.5, 0.6) is 0 Å². The standard InChI is InChI=1S/C14H12BrN3O2/c15-11-3-1-2-9-6-12(20-13(9)11)14(19)18-5-4-17-8-10(18)7-16/h1-3,6,10,17H,4-5,8H2. The average molecular weight is 334 g/mol. The lowest BCUT2D eigenvalue weighted by atomic mass is 10.2.